The first-order valence-electron chi connectivity index (χ1n) is 10.3. The molecule has 0 spiro atoms. The van der Waals surface area contributed by atoms with Crippen molar-refractivity contribution in [1.29, 1.82) is 0 Å². The van der Waals surface area contributed by atoms with Crippen molar-refractivity contribution in [3.63, 3.8) is 0 Å². The number of hydrogen-bond acceptors (Lipinski definition) is 4. The van der Waals surface area contributed by atoms with Gasteiger partial charge in [-0.1, -0.05) is 35.9 Å². The molecule has 6 nitrogen and oxygen atoms in total. The Labute approximate surface area is 196 Å². The average molecular weight is 493 g/mol. The van der Waals surface area contributed by atoms with E-state index in [9.17, 15) is 26.4 Å². The molecule has 34 heavy (non-hydrogen) atoms. The predicted octanol–water partition coefficient (Wildman–Crippen LogP) is 5.25. The summed E-state index contributed by atoms with van der Waals surface area (Å²) in [6.45, 7) is 3.12. The molecule has 3 rings (SSSR count). The largest absolute Gasteiger partial charge is 0.492 e. The molecule has 0 aromatic heterocycles. The van der Waals surface area contributed by atoms with Gasteiger partial charge in [-0.15, -0.1) is 0 Å². The highest BCUT2D eigenvalue weighted by atomic mass is 32.2. The van der Waals surface area contributed by atoms with Gasteiger partial charge in [0, 0.05) is 0 Å². The molecule has 0 radical (unpaired) electrons. The Balaban J connectivity index is 2.01. The molecular formula is C24H23F3N2O4S. The SMILES string of the molecule is CCOc1ccccc1NC(=O)CN(c1cccc(C(F)(F)F)c1)S(=O)(=O)c1ccc(C)cc1. The van der Waals surface area contributed by atoms with Crippen molar-refractivity contribution in [1.82, 2.24) is 0 Å². The van der Waals surface area contributed by atoms with E-state index in [1.54, 1.807) is 50.2 Å². The summed E-state index contributed by atoms with van der Waals surface area (Å²) in [4.78, 5) is 12.7. The molecule has 0 fully saturated rings. The number of carbonyl (C=O) groups is 1. The Morgan fingerprint density at radius 3 is 2.32 bits per heavy atom. The minimum Gasteiger partial charge on any atom is -0.492 e. The van der Waals surface area contributed by atoms with Gasteiger partial charge in [0.15, 0.2) is 0 Å². The van der Waals surface area contributed by atoms with Crippen LogP contribution in [0.3, 0.4) is 0 Å². The number of anilines is 2. The predicted molar refractivity (Wildman–Crippen MR) is 123 cm³/mol. The Morgan fingerprint density at radius 1 is 1.00 bits per heavy atom. The van der Waals surface area contributed by atoms with Crippen LogP contribution in [0, 0.1) is 6.92 Å². The van der Waals surface area contributed by atoms with Gasteiger partial charge in [-0.3, -0.25) is 9.10 Å². The lowest BCUT2D eigenvalue weighted by atomic mass is 10.2. The van der Waals surface area contributed by atoms with Gasteiger partial charge in [0.1, 0.15) is 12.3 Å². The highest BCUT2D eigenvalue weighted by Crippen LogP contribution is 2.33. The van der Waals surface area contributed by atoms with Crippen LogP contribution in [0.25, 0.3) is 0 Å². The molecular weight excluding hydrogens is 469 g/mol. The number of nitrogens with one attached hydrogen (secondary N) is 1. The van der Waals surface area contributed by atoms with Crippen LogP contribution in [0.4, 0.5) is 24.5 Å². The Hall–Kier alpha value is -3.53. The molecule has 0 unspecified atom stereocenters. The number of amides is 1. The van der Waals surface area contributed by atoms with Gasteiger partial charge in [0.05, 0.1) is 28.4 Å². The number of sulfonamides is 1. The zero-order valence-corrected chi connectivity index (χ0v) is 19.3. The first-order valence-corrected chi connectivity index (χ1v) is 11.7. The van der Waals surface area contributed by atoms with Gasteiger partial charge in [-0.2, -0.15) is 13.2 Å². The number of benzene rings is 3. The third-order valence-corrected chi connectivity index (χ3v) is 6.61. The molecule has 0 aliphatic heterocycles. The van der Waals surface area contributed by atoms with E-state index in [1.165, 1.54) is 18.2 Å². The van der Waals surface area contributed by atoms with Crippen LogP contribution in [0.15, 0.2) is 77.7 Å². The second kappa shape index (κ2) is 10.2. The fourth-order valence-corrected chi connectivity index (χ4v) is 4.57. The van der Waals surface area contributed by atoms with Crippen LogP contribution >= 0.6 is 0 Å². The molecule has 3 aromatic carbocycles. The van der Waals surface area contributed by atoms with Crippen molar-refractivity contribution in [3.8, 4) is 5.75 Å². The fraction of sp³-hybridized carbons (Fsp3) is 0.208. The second-order valence-corrected chi connectivity index (χ2v) is 9.21. The standard InChI is InChI=1S/C24H23F3N2O4S/c1-3-33-22-10-5-4-9-21(22)28-23(30)16-29(19-8-6-7-18(15-19)24(25,26)27)34(31,32)20-13-11-17(2)12-14-20/h4-15H,3,16H2,1-2H3,(H,28,30). The third kappa shape index (κ3) is 5.88. The minimum atomic E-state index is -4.69. The molecule has 180 valence electrons. The lowest BCUT2D eigenvalue weighted by molar-refractivity contribution is -0.137. The molecule has 0 bridgehead atoms. The fourth-order valence-electron chi connectivity index (χ4n) is 3.16. The first-order chi connectivity index (χ1) is 16.0. The number of carbonyl (C=O) groups excluding carboxylic acids is 1. The first kappa shape index (κ1) is 25.1. The van der Waals surface area contributed by atoms with E-state index in [-0.39, 0.29) is 10.6 Å². The van der Waals surface area contributed by atoms with Gasteiger partial charge in [0.25, 0.3) is 10.0 Å². The van der Waals surface area contributed by atoms with E-state index in [2.05, 4.69) is 5.32 Å². The maximum atomic E-state index is 13.4. The normalized spacial score (nSPS) is 11.7. The molecule has 0 aliphatic carbocycles. The number of para-hydroxylation sites is 2. The monoisotopic (exact) mass is 492 g/mol. The lowest BCUT2D eigenvalue weighted by Gasteiger charge is -2.25. The summed E-state index contributed by atoms with van der Waals surface area (Å²) in [6, 6.07) is 16.2. The van der Waals surface area contributed by atoms with Crippen LogP contribution in [0.5, 0.6) is 5.75 Å². The zero-order chi connectivity index (χ0) is 24.9. The number of halogens is 3. The number of ether oxygens (including phenoxy) is 1. The summed E-state index contributed by atoms with van der Waals surface area (Å²) in [6.07, 6.45) is -4.69. The van der Waals surface area contributed by atoms with Gasteiger partial charge in [0.2, 0.25) is 5.91 Å². The summed E-state index contributed by atoms with van der Waals surface area (Å²) >= 11 is 0. The molecule has 1 N–H and O–H groups in total. The van der Waals surface area contributed by atoms with Crippen LogP contribution < -0.4 is 14.4 Å². The second-order valence-electron chi connectivity index (χ2n) is 7.35. The quantitative estimate of drug-likeness (QED) is 0.466. The summed E-state index contributed by atoms with van der Waals surface area (Å²) in [5.74, 6) is -0.370. The van der Waals surface area contributed by atoms with E-state index >= 15 is 0 Å². The molecule has 10 heteroatoms. The van der Waals surface area contributed by atoms with Gasteiger partial charge in [-0.25, -0.2) is 8.42 Å². The Bertz CT molecular complexity index is 1260. The molecule has 0 saturated heterocycles. The summed E-state index contributed by atoms with van der Waals surface area (Å²) in [7, 11) is -4.37. The number of rotatable bonds is 8. The molecule has 0 atom stereocenters. The van der Waals surface area contributed by atoms with Crippen molar-refractivity contribution in [2.24, 2.45) is 0 Å². The van der Waals surface area contributed by atoms with Crippen molar-refractivity contribution in [3.05, 3.63) is 83.9 Å². The smallest absolute Gasteiger partial charge is 0.416 e. The van der Waals surface area contributed by atoms with E-state index in [0.29, 0.717) is 28.4 Å². The Morgan fingerprint density at radius 2 is 1.68 bits per heavy atom. The van der Waals surface area contributed by atoms with Crippen molar-refractivity contribution in [2.75, 3.05) is 22.8 Å². The van der Waals surface area contributed by atoms with Gasteiger partial charge in [-0.05, 0) is 56.3 Å². The van der Waals surface area contributed by atoms with E-state index < -0.39 is 34.2 Å². The number of alkyl halides is 3. The van der Waals surface area contributed by atoms with Crippen LogP contribution in [0.2, 0.25) is 0 Å². The highest BCUT2D eigenvalue weighted by Gasteiger charge is 2.33. The lowest BCUT2D eigenvalue weighted by Crippen LogP contribution is -2.38. The van der Waals surface area contributed by atoms with Crippen LogP contribution in [0.1, 0.15) is 18.1 Å². The maximum absolute atomic E-state index is 13.4. The summed E-state index contributed by atoms with van der Waals surface area (Å²) < 4.78 is 72.8. The number of nitrogens with zero attached hydrogens (tertiary/aromatic N) is 1. The molecule has 0 heterocycles. The van der Waals surface area contributed by atoms with Gasteiger partial charge < -0.3 is 10.1 Å². The third-order valence-electron chi connectivity index (χ3n) is 4.82. The van der Waals surface area contributed by atoms with E-state index in [1.807, 2.05) is 0 Å². The minimum absolute atomic E-state index is 0.155. The molecule has 0 saturated carbocycles. The number of aryl methyl sites for hydroxylation is 1. The van der Waals surface area contributed by atoms with E-state index in [0.717, 1.165) is 17.7 Å². The van der Waals surface area contributed by atoms with Crippen LogP contribution in [-0.4, -0.2) is 27.5 Å². The maximum Gasteiger partial charge on any atom is 0.416 e. The number of hydrogen-bond donors (Lipinski definition) is 1. The Kier molecular flexibility index (Phi) is 7.51. The van der Waals surface area contributed by atoms with Crippen LogP contribution in [-0.2, 0) is 21.0 Å². The van der Waals surface area contributed by atoms with Gasteiger partial charge >= 0.3 is 6.18 Å². The topological polar surface area (TPSA) is 75.7 Å². The van der Waals surface area contributed by atoms with Crippen molar-refractivity contribution < 1.29 is 31.1 Å². The molecule has 3 aromatic rings. The highest BCUT2D eigenvalue weighted by molar-refractivity contribution is 7.92. The van der Waals surface area contributed by atoms with E-state index in [4.69, 9.17) is 4.74 Å². The summed E-state index contributed by atoms with van der Waals surface area (Å²) in [5, 5.41) is 2.58. The molecule has 1 amide bonds. The zero-order valence-electron chi connectivity index (χ0n) is 18.5. The van der Waals surface area contributed by atoms with Crippen molar-refractivity contribution in [2.45, 2.75) is 24.9 Å². The average Bonchev–Trinajstić information content (AvgIpc) is 2.79. The summed E-state index contributed by atoms with van der Waals surface area (Å²) in [5.41, 5.74) is -0.208. The van der Waals surface area contributed by atoms with Crippen molar-refractivity contribution >= 4 is 27.3 Å². The molecule has 0 aliphatic rings.